The zero-order chi connectivity index (χ0) is 13.6. The number of benzene rings is 1. The van der Waals surface area contributed by atoms with Crippen molar-refractivity contribution in [3.63, 3.8) is 0 Å². The van der Waals surface area contributed by atoms with Crippen LogP contribution in [0.5, 0.6) is 0 Å². The Morgan fingerprint density at radius 3 is 2.50 bits per heavy atom. The molecule has 0 saturated carbocycles. The fourth-order valence-electron chi connectivity index (χ4n) is 3.61. The van der Waals surface area contributed by atoms with Gasteiger partial charge in [-0.3, -0.25) is 9.97 Å². The van der Waals surface area contributed by atoms with Crippen molar-refractivity contribution in [3.05, 3.63) is 36.2 Å². The molecule has 104 valence electrons. The predicted molar refractivity (Wildman–Crippen MR) is 81.7 cm³/mol. The first-order valence-electron chi connectivity index (χ1n) is 7.32. The molecule has 2 aliphatic heterocycles. The van der Waals surface area contributed by atoms with E-state index in [4.69, 9.17) is 0 Å². The summed E-state index contributed by atoms with van der Waals surface area (Å²) in [5.74, 6) is 0. The Morgan fingerprint density at radius 1 is 1.05 bits per heavy atom. The van der Waals surface area contributed by atoms with Crippen molar-refractivity contribution in [1.82, 2.24) is 9.97 Å². The molecule has 1 aromatic carbocycles. The predicted octanol–water partition coefficient (Wildman–Crippen LogP) is 3.27. The molecule has 2 saturated heterocycles. The third kappa shape index (κ3) is 2.11. The number of aliphatic hydroxyl groups is 1. The van der Waals surface area contributed by atoms with E-state index < -0.39 is 5.60 Å². The quantitative estimate of drug-likeness (QED) is 0.874. The van der Waals surface area contributed by atoms with Crippen LogP contribution in [-0.4, -0.2) is 25.6 Å². The second-order valence-corrected chi connectivity index (χ2v) is 7.62. The summed E-state index contributed by atoms with van der Waals surface area (Å²) < 4.78 is 0. The molecule has 2 aromatic rings. The molecular formula is C16H18N2OS. The van der Waals surface area contributed by atoms with Gasteiger partial charge in [-0.1, -0.05) is 12.5 Å². The summed E-state index contributed by atoms with van der Waals surface area (Å²) in [6, 6.07) is 6.03. The summed E-state index contributed by atoms with van der Waals surface area (Å²) in [5.41, 5.74) is 2.11. The van der Waals surface area contributed by atoms with Crippen LogP contribution in [0.4, 0.5) is 0 Å². The van der Waals surface area contributed by atoms with E-state index in [0.29, 0.717) is 10.5 Å². The number of fused-ring (bicyclic) bond motifs is 3. The lowest BCUT2D eigenvalue weighted by molar-refractivity contribution is 0.00823. The molecule has 2 atom stereocenters. The lowest BCUT2D eigenvalue weighted by Crippen LogP contribution is -2.40. The molecule has 0 spiro atoms. The van der Waals surface area contributed by atoms with E-state index in [1.54, 1.807) is 12.4 Å². The molecular weight excluding hydrogens is 268 g/mol. The summed E-state index contributed by atoms with van der Waals surface area (Å²) in [6.45, 7) is 0. The van der Waals surface area contributed by atoms with Gasteiger partial charge in [0.05, 0.1) is 16.6 Å². The third-order valence-electron chi connectivity index (χ3n) is 4.57. The summed E-state index contributed by atoms with van der Waals surface area (Å²) in [6.07, 6.45) is 8.98. The van der Waals surface area contributed by atoms with Crippen LogP contribution < -0.4 is 0 Å². The van der Waals surface area contributed by atoms with Gasteiger partial charge in [-0.2, -0.15) is 11.8 Å². The molecule has 2 aliphatic rings. The maximum absolute atomic E-state index is 11.1. The number of rotatable bonds is 1. The normalized spacial score (nSPS) is 33.2. The molecule has 2 unspecified atom stereocenters. The molecule has 3 nitrogen and oxygen atoms in total. The van der Waals surface area contributed by atoms with E-state index in [-0.39, 0.29) is 0 Å². The molecule has 20 heavy (non-hydrogen) atoms. The molecule has 4 heteroatoms. The molecule has 2 bridgehead atoms. The first-order chi connectivity index (χ1) is 9.73. The highest BCUT2D eigenvalue weighted by Crippen LogP contribution is 2.49. The largest absolute Gasteiger partial charge is 0.385 e. The highest BCUT2D eigenvalue weighted by atomic mass is 32.2. The van der Waals surface area contributed by atoms with Crippen LogP contribution in [0, 0.1) is 0 Å². The van der Waals surface area contributed by atoms with Gasteiger partial charge < -0.3 is 5.11 Å². The minimum absolute atomic E-state index is 0.616. The van der Waals surface area contributed by atoms with Crippen LogP contribution >= 0.6 is 11.8 Å². The van der Waals surface area contributed by atoms with E-state index in [2.05, 4.69) is 21.7 Å². The Hall–Kier alpha value is -1.13. The Morgan fingerprint density at radius 2 is 1.75 bits per heavy atom. The van der Waals surface area contributed by atoms with Crippen LogP contribution in [0.2, 0.25) is 0 Å². The lowest BCUT2D eigenvalue weighted by Gasteiger charge is -2.44. The van der Waals surface area contributed by atoms with Crippen LogP contribution in [0.3, 0.4) is 0 Å². The monoisotopic (exact) mass is 286 g/mol. The van der Waals surface area contributed by atoms with Gasteiger partial charge in [0.2, 0.25) is 0 Å². The van der Waals surface area contributed by atoms with Crippen molar-refractivity contribution in [2.24, 2.45) is 0 Å². The number of thioether (sulfide) groups is 1. The second kappa shape index (κ2) is 4.71. The Labute approximate surface area is 122 Å². The van der Waals surface area contributed by atoms with Gasteiger partial charge in [0.1, 0.15) is 0 Å². The molecule has 3 heterocycles. The summed E-state index contributed by atoms with van der Waals surface area (Å²) in [4.78, 5) is 8.66. The minimum atomic E-state index is -0.674. The van der Waals surface area contributed by atoms with Crippen LogP contribution in [0.1, 0.15) is 37.7 Å². The van der Waals surface area contributed by atoms with Crippen molar-refractivity contribution in [2.45, 2.75) is 48.2 Å². The van der Waals surface area contributed by atoms with Gasteiger partial charge >= 0.3 is 0 Å². The third-order valence-corrected chi connectivity index (χ3v) is 6.15. The van der Waals surface area contributed by atoms with Crippen molar-refractivity contribution >= 4 is 22.8 Å². The van der Waals surface area contributed by atoms with Crippen molar-refractivity contribution < 1.29 is 5.11 Å². The number of nitrogens with zero attached hydrogens (tertiary/aromatic N) is 2. The minimum Gasteiger partial charge on any atom is -0.385 e. The summed E-state index contributed by atoms with van der Waals surface area (Å²) >= 11 is 2.09. The topological polar surface area (TPSA) is 46.0 Å². The molecule has 2 fully saturated rings. The van der Waals surface area contributed by atoms with E-state index >= 15 is 0 Å². The molecule has 1 N–H and O–H groups in total. The van der Waals surface area contributed by atoms with Gasteiger partial charge in [-0.25, -0.2) is 0 Å². The maximum Gasteiger partial charge on any atom is 0.0918 e. The SMILES string of the molecule is OC1(c2ccc3nccnc3c2)CC2CCCC(C1)S2. The molecule has 0 radical (unpaired) electrons. The maximum atomic E-state index is 11.1. The zero-order valence-electron chi connectivity index (χ0n) is 11.3. The first kappa shape index (κ1) is 12.6. The average molecular weight is 286 g/mol. The standard InChI is InChI=1S/C16H18N2OS/c19-16(9-12-2-1-3-13(10-16)20-12)11-4-5-14-15(8-11)18-7-6-17-14/h4-8,12-13,19H,1-3,9-10H2. The first-order valence-corrected chi connectivity index (χ1v) is 8.26. The van der Waals surface area contributed by atoms with Crippen LogP contribution in [0.25, 0.3) is 11.0 Å². The summed E-state index contributed by atoms with van der Waals surface area (Å²) in [7, 11) is 0. The van der Waals surface area contributed by atoms with E-state index in [9.17, 15) is 5.11 Å². The van der Waals surface area contributed by atoms with E-state index in [1.165, 1.54) is 19.3 Å². The zero-order valence-corrected chi connectivity index (χ0v) is 12.1. The van der Waals surface area contributed by atoms with Gasteiger partial charge in [0.15, 0.2) is 0 Å². The second-order valence-electron chi connectivity index (χ2n) is 6.01. The summed E-state index contributed by atoms with van der Waals surface area (Å²) in [5, 5.41) is 12.4. The molecule has 0 amide bonds. The fraction of sp³-hybridized carbons (Fsp3) is 0.500. The van der Waals surface area contributed by atoms with Crippen molar-refractivity contribution in [1.29, 1.82) is 0 Å². The van der Waals surface area contributed by atoms with Gasteiger partial charge in [0, 0.05) is 22.9 Å². The van der Waals surface area contributed by atoms with Gasteiger partial charge in [-0.15, -0.1) is 0 Å². The Balaban J connectivity index is 1.73. The van der Waals surface area contributed by atoms with Crippen molar-refractivity contribution in [2.75, 3.05) is 0 Å². The van der Waals surface area contributed by atoms with E-state index in [1.807, 2.05) is 18.2 Å². The Bertz CT molecular complexity index is 633. The molecule has 0 aliphatic carbocycles. The van der Waals surface area contributed by atoms with Crippen LogP contribution in [-0.2, 0) is 5.60 Å². The molecule has 4 rings (SSSR count). The number of hydrogen-bond acceptors (Lipinski definition) is 4. The van der Waals surface area contributed by atoms with Gasteiger partial charge in [0.25, 0.3) is 0 Å². The average Bonchev–Trinajstić information content (AvgIpc) is 2.46. The number of hydrogen-bond donors (Lipinski definition) is 1. The highest BCUT2D eigenvalue weighted by molar-refractivity contribution is 8.00. The molecule has 1 aromatic heterocycles. The highest BCUT2D eigenvalue weighted by Gasteiger charge is 2.42. The lowest BCUT2D eigenvalue weighted by atomic mass is 9.80. The smallest absolute Gasteiger partial charge is 0.0918 e. The van der Waals surface area contributed by atoms with Gasteiger partial charge in [-0.05, 0) is 43.4 Å². The fourth-order valence-corrected chi connectivity index (χ4v) is 5.50. The van der Waals surface area contributed by atoms with Crippen molar-refractivity contribution in [3.8, 4) is 0 Å². The van der Waals surface area contributed by atoms with Crippen LogP contribution in [0.15, 0.2) is 30.6 Å². The number of aromatic nitrogens is 2. The van der Waals surface area contributed by atoms with E-state index in [0.717, 1.165) is 29.4 Å². The Kier molecular flexibility index (Phi) is 2.97.